The minimum Gasteiger partial charge on any atom is -0.481 e. The summed E-state index contributed by atoms with van der Waals surface area (Å²) in [6, 6.07) is 11.1. The number of carbonyl (C=O) groups excluding carboxylic acids is 1. The van der Waals surface area contributed by atoms with Gasteiger partial charge in [0.05, 0.1) is 11.3 Å². The zero-order valence-electron chi connectivity index (χ0n) is 16.0. The van der Waals surface area contributed by atoms with Crippen molar-refractivity contribution < 1.29 is 14.7 Å². The average Bonchev–Trinajstić information content (AvgIpc) is 3.07. The highest BCUT2D eigenvalue weighted by molar-refractivity contribution is 7.14. The zero-order chi connectivity index (χ0) is 19.8. The van der Waals surface area contributed by atoms with E-state index in [0.717, 1.165) is 11.3 Å². The summed E-state index contributed by atoms with van der Waals surface area (Å²) in [5, 5.41) is 22.4. The van der Waals surface area contributed by atoms with Gasteiger partial charge in [-0.1, -0.05) is 26.0 Å². The van der Waals surface area contributed by atoms with E-state index in [1.165, 1.54) is 16.9 Å². The van der Waals surface area contributed by atoms with Crippen LogP contribution in [0.25, 0.3) is 0 Å². The van der Waals surface area contributed by atoms with Crippen molar-refractivity contribution in [3.63, 3.8) is 0 Å². The van der Waals surface area contributed by atoms with Gasteiger partial charge in [0.25, 0.3) is 5.91 Å². The first kappa shape index (κ1) is 23.8. The monoisotopic (exact) mass is 423 g/mol. The van der Waals surface area contributed by atoms with E-state index in [1.807, 2.05) is 18.2 Å². The summed E-state index contributed by atoms with van der Waals surface area (Å²) in [6.45, 7) is 5.23. The molecule has 152 valence electrons. The van der Waals surface area contributed by atoms with Crippen LogP contribution < -0.4 is 10.6 Å². The number of carboxylic acid groups (broad SMARTS) is 1. The Kier molecular flexibility index (Phi) is 9.85. The molecule has 1 amide bonds. The van der Waals surface area contributed by atoms with Crippen molar-refractivity contribution in [1.29, 1.82) is 5.41 Å². The topological polar surface area (TPSA) is 102 Å². The summed E-state index contributed by atoms with van der Waals surface area (Å²) in [5.74, 6) is -0.515. The van der Waals surface area contributed by atoms with E-state index < -0.39 is 5.97 Å². The Morgan fingerprint density at radius 1 is 1.14 bits per heavy atom. The first-order valence-corrected chi connectivity index (χ1v) is 9.67. The molecule has 0 bridgehead atoms. The normalized spacial score (nSPS) is 10.4. The molecule has 2 rings (SSSR count). The van der Waals surface area contributed by atoms with E-state index in [9.17, 15) is 9.59 Å². The summed E-state index contributed by atoms with van der Waals surface area (Å²) in [4.78, 5) is 24.5. The first-order chi connectivity index (χ1) is 12.8. The van der Waals surface area contributed by atoms with Gasteiger partial charge in [0.1, 0.15) is 5.84 Å². The molecule has 0 radical (unpaired) electrons. The van der Waals surface area contributed by atoms with Crippen molar-refractivity contribution in [1.82, 2.24) is 10.6 Å². The van der Waals surface area contributed by atoms with Crippen molar-refractivity contribution in [3.05, 3.63) is 57.3 Å². The average molecular weight is 424 g/mol. The number of nitrogens with one attached hydrogen (secondary N) is 3. The van der Waals surface area contributed by atoms with E-state index in [2.05, 4.69) is 24.5 Å². The lowest BCUT2D eigenvalue weighted by Gasteiger charge is -2.07. The molecule has 0 fully saturated rings. The smallest absolute Gasteiger partial charge is 0.304 e. The van der Waals surface area contributed by atoms with Gasteiger partial charge in [-0.05, 0) is 42.2 Å². The summed E-state index contributed by atoms with van der Waals surface area (Å²) in [6.07, 6.45) is 1.04. The lowest BCUT2D eigenvalue weighted by atomic mass is 10.0. The molecule has 0 saturated heterocycles. The standard InChI is InChI=1S/C20H25N3O3S.ClH/c1-13(2)11-14-3-5-15(6-4-14)20(26)23-19(21)17-8-7-16(27-17)12-22-10-9-18(24)25;/h3-8,13,22H,9-12H2,1-2H3,(H,24,25)(H2,21,23,26);1H. The molecule has 0 atom stereocenters. The summed E-state index contributed by atoms with van der Waals surface area (Å²) >= 11 is 1.40. The molecule has 1 heterocycles. The molecule has 2 aromatic rings. The fourth-order valence-electron chi connectivity index (χ4n) is 2.53. The third-order valence-electron chi connectivity index (χ3n) is 3.82. The van der Waals surface area contributed by atoms with Crippen LogP contribution in [0.3, 0.4) is 0 Å². The predicted molar refractivity (Wildman–Crippen MR) is 115 cm³/mol. The summed E-state index contributed by atoms with van der Waals surface area (Å²) < 4.78 is 0. The molecule has 0 aliphatic carbocycles. The molecule has 8 heteroatoms. The Labute approximate surface area is 175 Å². The molecule has 0 aliphatic heterocycles. The largest absolute Gasteiger partial charge is 0.481 e. The number of rotatable bonds is 9. The molecule has 0 saturated carbocycles. The van der Waals surface area contributed by atoms with Crippen LogP contribution in [0.4, 0.5) is 0 Å². The van der Waals surface area contributed by atoms with E-state index in [1.54, 1.807) is 18.2 Å². The fraction of sp³-hybridized carbons (Fsp3) is 0.350. The lowest BCUT2D eigenvalue weighted by molar-refractivity contribution is -0.136. The minimum atomic E-state index is -0.837. The van der Waals surface area contributed by atoms with Gasteiger partial charge in [0.2, 0.25) is 0 Å². The first-order valence-electron chi connectivity index (χ1n) is 8.85. The number of hydrogen-bond acceptors (Lipinski definition) is 5. The Morgan fingerprint density at radius 2 is 1.82 bits per heavy atom. The minimum absolute atomic E-state index is 0. The predicted octanol–water partition coefficient (Wildman–Crippen LogP) is 3.69. The number of amides is 1. The molecular weight excluding hydrogens is 398 g/mol. The van der Waals surface area contributed by atoms with Crippen molar-refractivity contribution >= 4 is 41.5 Å². The van der Waals surface area contributed by atoms with Gasteiger partial charge in [0, 0.05) is 23.5 Å². The second-order valence-electron chi connectivity index (χ2n) is 6.71. The molecule has 6 nitrogen and oxygen atoms in total. The fourth-order valence-corrected chi connectivity index (χ4v) is 3.41. The van der Waals surface area contributed by atoms with E-state index in [0.29, 0.717) is 29.4 Å². The van der Waals surface area contributed by atoms with Crippen LogP contribution >= 0.6 is 23.7 Å². The van der Waals surface area contributed by atoms with Gasteiger partial charge in [-0.3, -0.25) is 15.0 Å². The summed E-state index contributed by atoms with van der Waals surface area (Å²) in [5.41, 5.74) is 1.72. The molecular formula is C20H26ClN3O3S. The number of hydrogen-bond donors (Lipinski definition) is 4. The maximum absolute atomic E-state index is 12.3. The van der Waals surface area contributed by atoms with Crippen LogP contribution in [0.1, 0.15) is 45.9 Å². The van der Waals surface area contributed by atoms with Gasteiger partial charge in [-0.15, -0.1) is 23.7 Å². The third-order valence-corrected chi connectivity index (χ3v) is 4.92. The molecule has 0 unspecified atom stereocenters. The van der Waals surface area contributed by atoms with Gasteiger partial charge in [-0.2, -0.15) is 0 Å². The van der Waals surface area contributed by atoms with E-state index >= 15 is 0 Å². The maximum Gasteiger partial charge on any atom is 0.304 e. The Balaban J connectivity index is 0.00000392. The number of halogens is 1. The number of aliphatic carboxylic acids is 1. The highest BCUT2D eigenvalue weighted by atomic mass is 35.5. The molecule has 0 spiro atoms. The van der Waals surface area contributed by atoms with Gasteiger partial charge >= 0.3 is 5.97 Å². The quantitative estimate of drug-likeness (QED) is 0.280. The number of carboxylic acids is 1. The second kappa shape index (κ2) is 11.6. The zero-order valence-corrected chi connectivity index (χ0v) is 17.6. The number of carbonyl (C=O) groups is 2. The summed E-state index contributed by atoms with van der Waals surface area (Å²) in [7, 11) is 0. The van der Waals surface area contributed by atoms with E-state index in [-0.39, 0.29) is 30.6 Å². The highest BCUT2D eigenvalue weighted by Gasteiger charge is 2.12. The number of thiophene rings is 1. The Hall–Kier alpha value is -2.22. The van der Waals surface area contributed by atoms with Crippen molar-refractivity contribution in [2.75, 3.05) is 6.54 Å². The van der Waals surface area contributed by atoms with Crippen molar-refractivity contribution in [2.45, 2.75) is 33.2 Å². The van der Waals surface area contributed by atoms with Crippen LogP contribution in [0.2, 0.25) is 0 Å². The SMILES string of the molecule is CC(C)Cc1ccc(C(=O)NC(=N)c2ccc(CNCCC(=O)O)s2)cc1.Cl. The van der Waals surface area contributed by atoms with Crippen LogP contribution in [-0.2, 0) is 17.8 Å². The van der Waals surface area contributed by atoms with Crippen molar-refractivity contribution in [3.8, 4) is 0 Å². The van der Waals surface area contributed by atoms with Crippen LogP contribution in [0.15, 0.2) is 36.4 Å². The second-order valence-corrected chi connectivity index (χ2v) is 7.88. The molecule has 1 aromatic heterocycles. The number of amidine groups is 1. The van der Waals surface area contributed by atoms with Gasteiger partial charge in [0.15, 0.2) is 0 Å². The molecule has 0 aliphatic rings. The van der Waals surface area contributed by atoms with Gasteiger partial charge in [-0.25, -0.2) is 0 Å². The highest BCUT2D eigenvalue weighted by Crippen LogP contribution is 2.16. The van der Waals surface area contributed by atoms with E-state index in [4.69, 9.17) is 10.5 Å². The third kappa shape index (κ3) is 7.80. The molecule has 28 heavy (non-hydrogen) atoms. The van der Waals surface area contributed by atoms with Crippen molar-refractivity contribution in [2.24, 2.45) is 5.92 Å². The van der Waals surface area contributed by atoms with Crippen LogP contribution in [0.5, 0.6) is 0 Å². The molecule has 1 aromatic carbocycles. The molecule has 4 N–H and O–H groups in total. The Morgan fingerprint density at radius 3 is 2.43 bits per heavy atom. The van der Waals surface area contributed by atoms with Crippen LogP contribution in [0, 0.1) is 11.3 Å². The van der Waals surface area contributed by atoms with Gasteiger partial charge < -0.3 is 15.7 Å². The lowest BCUT2D eigenvalue weighted by Crippen LogP contribution is -2.29. The van der Waals surface area contributed by atoms with Crippen LogP contribution in [-0.4, -0.2) is 29.4 Å². The Bertz CT molecular complexity index is 803. The number of benzene rings is 1. The maximum atomic E-state index is 12.3.